The van der Waals surface area contributed by atoms with Gasteiger partial charge in [-0.25, -0.2) is 0 Å². The van der Waals surface area contributed by atoms with E-state index in [0.717, 1.165) is 0 Å². The number of non-ortho nitro benzene ring substituents is 1. The van der Waals surface area contributed by atoms with Gasteiger partial charge in [0.2, 0.25) is 0 Å². The molecule has 0 atom stereocenters. The van der Waals surface area contributed by atoms with E-state index < -0.39 is 4.92 Å². The SMILES string of the molecule is O=C1Nc2ccccc2/C1=C/c1cc([N+](=O)[O-])ccc1O. The highest BCUT2D eigenvalue weighted by molar-refractivity contribution is 6.35. The van der Waals surface area contributed by atoms with E-state index in [4.69, 9.17) is 0 Å². The minimum absolute atomic E-state index is 0.120. The summed E-state index contributed by atoms with van der Waals surface area (Å²) >= 11 is 0. The number of para-hydroxylation sites is 1. The van der Waals surface area contributed by atoms with Crippen LogP contribution in [0, 0.1) is 10.1 Å². The van der Waals surface area contributed by atoms with Crippen molar-refractivity contribution in [2.24, 2.45) is 0 Å². The molecule has 0 bridgehead atoms. The van der Waals surface area contributed by atoms with Crippen LogP contribution in [0.4, 0.5) is 11.4 Å². The summed E-state index contributed by atoms with van der Waals surface area (Å²) in [5.41, 5.74) is 1.82. The number of nitro groups is 1. The number of rotatable bonds is 2. The second kappa shape index (κ2) is 4.75. The first-order valence-electron chi connectivity index (χ1n) is 6.16. The van der Waals surface area contributed by atoms with Crippen molar-refractivity contribution in [3.8, 4) is 5.75 Å². The Kier molecular flexibility index (Phi) is 2.91. The van der Waals surface area contributed by atoms with Gasteiger partial charge in [-0.05, 0) is 18.2 Å². The molecule has 6 heteroatoms. The number of phenolic OH excluding ortho intramolecular Hbond substituents is 1. The number of phenols is 1. The van der Waals surface area contributed by atoms with E-state index in [2.05, 4.69) is 5.32 Å². The average molecular weight is 282 g/mol. The number of nitro benzene ring substituents is 1. The van der Waals surface area contributed by atoms with Crippen LogP contribution < -0.4 is 5.32 Å². The number of benzene rings is 2. The molecule has 0 unspecified atom stereocenters. The molecular formula is C15H10N2O4. The Morgan fingerprint density at radius 1 is 1.19 bits per heavy atom. The lowest BCUT2D eigenvalue weighted by atomic mass is 10.0. The Hall–Kier alpha value is -3.15. The zero-order chi connectivity index (χ0) is 15.0. The van der Waals surface area contributed by atoms with Crippen molar-refractivity contribution in [3.63, 3.8) is 0 Å². The number of aromatic hydroxyl groups is 1. The summed E-state index contributed by atoms with van der Waals surface area (Å²) in [5, 5.41) is 23.3. The Labute approximate surface area is 119 Å². The molecule has 0 radical (unpaired) electrons. The Morgan fingerprint density at radius 3 is 2.71 bits per heavy atom. The van der Waals surface area contributed by atoms with Crippen molar-refractivity contribution < 1.29 is 14.8 Å². The largest absolute Gasteiger partial charge is 0.507 e. The molecule has 0 aliphatic carbocycles. The molecule has 2 N–H and O–H groups in total. The summed E-state index contributed by atoms with van der Waals surface area (Å²) in [6.07, 6.45) is 1.45. The minimum atomic E-state index is -0.551. The molecule has 0 saturated heterocycles. The number of hydrogen-bond donors (Lipinski definition) is 2. The molecule has 21 heavy (non-hydrogen) atoms. The lowest BCUT2D eigenvalue weighted by molar-refractivity contribution is -0.384. The van der Waals surface area contributed by atoms with Crippen LogP contribution in [0.15, 0.2) is 42.5 Å². The van der Waals surface area contributed by atoms with Gasteiger partial charge in [0.15, 0.2) is 0 Å². The second-order valence-electron chi connectivity index (χ2n) is 4.56. The molecule has 0 spiro atoms. The van der Waals surface area contributed by atoms with Gasteiger partial charge in [-0.15, -0.1) is 0 Å². The maximum absolute atomic E-state index is 12.0. The van der Waals surface area contributed by atoms with Gasteiger partial charge in [0.25, 0.3) is 11.6 Å². The predicted octanol–water partition coefficient (Wildman–Crippen LogP) is 2.79. The molecule has 1 aliphatic rings. The number of amides is 1. The fourth-order valence-electron chi connectivity index (χ4n) is 2.21. The highest BCUT2D eigenvalue weighted by Crippen LogP contribution is 2.34. The van der Waals surface area contributed by atoms with Crippen molar-refractivity contribution in [2.45, 2.75) is 0 Å². The first-order chi connectivity index (χ1) is 10.1. The highest BCUT2D eigenvalue weighted by Gasteiger charge is 2.24. The molecular weight excluding hydrogens is 272 g/mol. The maximum Gasteiger partial charge on any atom is 0.270 e. The van der Waals surface area contributed by atoms with Crippen LogP contribution in [0.3, 0.4) is 0 Å². The third kappa shape index (κ3) is 2.23. The van der Waals surface area contributed by atoms with E-state index in [-0.39, 0.29) is 22.9 Å². The topological polar surface area (TPSA) is 92.5 Å². The van der Waals surface area contributed by atoms with Gasteiger partial charge >= 0.3 is 0 Å². The van der Waals surface area contributed by atoms with Gasteiger partial charge < -0.3 is 10.4 Å². The first kappa shape index (κ1) is 12.9. The molecule has 0 aromatic heterocycles. The van der Waals surface area contributed by atoms with Gasteiger partial charge in [-0.2, -0.15) is 0 Å². The zero-order valence-electron chi connectivity index (χ0n) is 10.7. The number of carbonyl (C=O) groups excluding carboxylic acids is 1. The van der Waals surface area contributed by atoms with Crippen LogP contribution in [0.1, 0.15) is 11.1 Å². The van der Waals surface area contributed by atoms with Crippen molar-refractivity contribution in [3.05, 3.63) is 63.7 Å². The maximum atomic E-state index is 12.0. The standard InChI is InChI=1S/C15H10N2O4/c18-14-6-5-10(17(20)21)7-9(14)8-12-11-3-1-2-4-13(11)16-15(12)19/h1-8,18H,(H,16,19)/b12-8-. The summed E-state index contributed by atoms with van der Waals surface area (Å²) in [7, 11) is 0. The molecule has 2 aromatic carbocycles. The number of anilines is 1. The van der Waals surface area contributed by atoms with E-state index in [1.54, 1.807) is 24.3 Å². The number of nitrogens with one attached hydrogen (secondary N) is 1. The lowest BCUT2D eigenvalue weighted by Gasteiger charge is -2.01. The van der Waals surface area contributed by atoms with Gasteiger partial charge in [0, 0.05) is 34.5 Å². The molecule has 1 aliphatic heterocycles. The van der Waals surface area contributed by atoms with E-state index in [0.29, 0.717) is 16.8 Å². The summed E-state index contributed by atoms with van der Waals surface area (Å²) in [5.74, 6) is -0.424. The molecule has 6 nitrogen and oxygen atoms in total. The molecule has 0 fully saturated rings. The third-order valence-corrected chi connectivity index (χ3v) is 3.23. The van der Waals surface area contributed by atoms with Crippen molar-refractivity contribution in [2.75, 3.05) is 5.32 Å². The average Bonchev–Trinajstić information content (AvgIpc) is 2.77. The monoisotopic (exact) mass is 282 g/mol. The minimum Gasteiger partial charge on any atom is -0.507 e. The quantitative estimate of drug-likeness (QED) is 0.503. The number of fused-ring (bicyclic) bond motifs is 1. The van der Waals surface area contributed by atoms with Crippen molar-refractivity contribution >= 4 is 28.9 Å². The molecule has 0 saturated carbocycles. The molecule has 1 heterocycles. The summed E-state index contributed by atoms with van der Waals surface area (Å²) in [6.45, 7) is 0. The van der Waals surface area contributed by atoms with Crippen molar-refractivity contribution in [1.29, 1.82) is 0 Å². The van der Waals surface area contributed by atoms with Crippen LogP contribution >= 0.6 is 0 Å². The first-order valence-corrected chi connectivity index (χ1v) is 6.16. The van der Waals surface area contributed by atoms with Gasteiger partial charge in [0.1, 0.15) is 5.75 Å². The fraction of sp³-hybridized carbons (Fsp3) is 0. The van der Waals surface area contributed by atoms with E-state index >= 15 is 0 Å². The summed E-state index contributed by atoms with van der Waals surface area (Å²) < 4.78 is 0. The second-order valence-corrected chi connectivity index (χ2v) is 4.56. The smallest absolute Gasteiger partial charge is 0.270 e. The van der Waals surface area contributed by atoms with E-state index in [1.807, 2.05) is 0 Å². The lowest BCUT2D eigenvalue weighted by Crippen LogP contribution is -2.03. The number of carbonyl (C=O) groups is 1. The molecule has 104 valence electrons. The summed E-state index contributed by atoms with van der Waals surface area (Å²) in [6, 6.07) is 10.8. The highest BCUT2D eigenvalue weighted by atomic mass is 16.6. The zero-order valence-corrected chi connectivity index (χ0v) is 10.7. The van der Waals surface area contributed by atoms with Crippen LogP contribution in [0.25, 0.3) is 11.6 Å². The van der Waals surface area contributed by atoms with E-state index in [9.17, 15) is 20.0 Å². The van der Waals surface area contributed by atoms with Gasteiger partial charge in [0.05, 0.1) is 4.92 Å². The fourth-order valence-corrected chi connectivity index (χ4v) is 2.21. The van der Waals surface area contributed by atoms with Gasteiger partial charge in [-0.3, -0.25) is 14.9 Å². The Morgan fingerprint density at radius 2 is 1.95 bits per heavy atom. The van der Waals surface area contributed by atoms with Crippen LogP contribution in [-0.4, -0.2) is 15.9 Å². The predicted molar refractivity (Wildman–Crippen MR) is 77.7 cm³/mol. The summed E-state index contributed by atoms with van der Waals surface area (Å²) in [4.78, 5) is 22.2. The third-order valence-electron chi connectivity index (χ3n) is 3.23. The molecule has 3 rings (SSSR count). The van der Waals surface area contributed by atoms with Crippen LogP contribution in [-0.2, 0) is 4.79 Å². The van der Waals surface area contributed by atoms with Crippen LogP contribution in [0.2, 0.25) is 0 Å². The van der Waals surface area contributed by atoms with Crippen molar-refractivity contribution in [1.82, 2.24) is 0 Å². The van der Waals surface area contributed by atoms with E-state index in [1.165, 1.54) is 24.3 Å². The Bertz CT molecular complexity index is 796. The number of nitrogens with zero attached hydrogens (tertiary/aromatic N) is 1. The number of hydrogen-bond acceptors (Lipinski definition) is 4. The van der Waals surface area contributed by atoms with Crippen LogP contribution in [0.5, 0.6) is 5.75 Å². The molecule has 1 amide bonds. The van der Waals surface area contributed by atoms with Gasteiger partial charge in [-0.1, -0.05) is 18.2 Å². The Balaban J connectivity index is 2.12. The molecule has 2 aromatic rings. The normalized spacial score (nSPS) is 14.9.